The van der Waals surface area contributed by atoms with Gasteiger partial charge in [-0.2, -0.15) is 5.26 Å². The van der Waals surface area contributed by atoms with Gasteiger partial charge in [0.15, 0.2) is 0 Å². The number of hydrogen-bond acceptors (Lipinski definition) is 3. The Balaban J connectivity index is 1.72. The zero-order chi connectivity index (χ0) is 9.97. The number of likely N-dealkylation sites (N-methyl/N-ethyl adjacent to an activating group) is 1. The third-order valence-corrected chi connectivity index (χ3v) is 3.34. The molecule has 78 valence electrons. The zero-order valence-electron chi connectivity index (χ0n) is 8.87. The highest BCUT2D eigenvalue weighted by Crippen LogP contribution is 2.24. The second-order valence-electron chi connectivity index (χ2n) is 4.65. The molecule has 14 heavy (non-hydrogen) atoms. The Kier molecular flexibility index (Phi) is 3.05. The summed E-state index contributed by atoms with van der Waals surface area (Å²) in [6.07, 6.45) is 6.51. The lowest BCUT2D eigenvalue weighted by molar-refractivity contribution is 0.152. The molecule has 1 unspecified atom stereocenters. The number of hydrogen-bond donors (Lipinski definition) is 1. The van der Waals surface area contributed by atoms with Gasteiger partial charge in [-0.1, -0.05) is 6.42 Å². The van der Waals surface area contributed by atoms with E-state index in [1.165, 1.54) is 32.1 Å². The predicted molar refractivity (Wildman–Crippen MR) is 55.8 cm³/mol. The minimum absolute atomic E-state index is 0.0353. The Morgan fingerprint density at radius 2 is 2.14 bits per heavy atom. The molecule has 0 heterocycles. The second kappa shape index (κ2) is 4.29. The van der Waals surface area contributed by atoms with E-state index in [0.29, 0.717) is 6.04 Å². The average molecular weight is 193 g/mol. The van der Waals surface area contributed by atoms with Gasteiger partial charge in [-0.15, -0.1) is 0 Å². The van der Waals surface area contributed by atoms with Crippen molar-refractivity contribution in [2.24, 2.45) is 0 Å². The van der Waals surface area contributed by atoms with Crippen LogP contribution in [0.15, 0.2) is 0 Å². The molecule has 0 aromatic carbocycles. The maximum absolute atomic E-state index is 8.98. The van der Waals surface area contributed by atoms with E-state index in [4.69, 9.17) is 5.26 Å². The highest BCUT2D eigenvalue weighted by atomic mass is 15.2. The van der Waals surface area contributed by atoms with Crippen LogP contribution in [-0.2, 0) is 0 Å². The van der Waals surface area contributed by atoms with Crippen molar-refractivity contribution < 1.29 is 0 Å². The van der Waals surface area contributed by atoms with Crippen LogP contribution in [0.2, 0.25) is 0 Å². The molecule has 2 saturated carbocycles. The molecule has 0 amide bonds. The number of nitrogens with one attached hydrogen (secondary N) is 1. The minimum atomic E-state index is 0.0353. The zero-order valence-corrected chi connectivity index (χ0v) is 8.87. The Bertz CT molecular complexity index is 225. The molecule has 1 atom stereocenters. The van der Waals surface area contributed by atoms with Crippen molar-refractivity contribution in [2.75, 3.05) is 13.6 Å². The summed E-state index contributed by atoms with van der Waals surface area (Å²) in [6, 6.07) is 3.77. The van der Waals surface area contributed by atoms with E-state index in [-0.39, 0.29) is 6.04 Å². The molecule has 0 aliphatic heterocycles. The van der Waals surface area contributed by atoms with E-state index in [9.17, 15) is 0 Å². The van der Waals surface area contributed by atoms with Crippen LogP contribution in [0.5, 0.6) is 0 Å². The first-order chi connectivity index (χ1) is 6.79. The molecule has 2 fully saturated rings. The van der Waals surface area contributed by atoms with Crippen LogP contribution < -0.4 is 5.32 Å². The molecule has 0 aromatic rings. The topological polar surface area (TPSA) is 39.1 Å². The molecular weight excluding hydrogens is 174 g/mol. The molecule has 0 radical (unpaired) electrons. The lowest BCUT2D eigenvalue weighted by Crippen LogP contribution is -2.45. The average Bonchev–Trinajstić information content (AvgIpc) is 2.83. The van der Waals surface area contributed by atoms with Crippen molar-refractivity contribution in [3.63, 3.8) is 0 Å². The lowest BCUT2D eigenvalue weighted by atomic mass is 9.91. The van der Waals surface area contributed by atoms with Gasteiger partial charge >= 0.3 is 0 Å². The van der Waals surface area contributed by atoms with Crippen LogP contribution in [0.3, 0.4) is 0 Å². The predicted octanol–water partition coefficient (Wildman–Crippen LogP) is 1.11. The summed E-state index contributed by atoms with van der Waals surface area (Å²) < 4.78 is 0. The van der Waals surface area contributed by atoms with Crippen molar-refractivity contribution in [3.8, 4) is 6.07 Å². The largest absolute Gasteiger partial charge is 0.301 e. The van der Waals surface area contributed by atoms with Crippen molar-refractivity contribution >= 4 is 0 Å². The monoisotopic (exact) mass is 193 g/mol. The molecule has 2 aliphatic rings. The van der Waals surface area contributed by atoms with Gasteiger partial charge in [0.1, 0.15) is 6.04 Å². The second-order valence-corrected chi connectivity index (χ2v) is 4.65. The van der Waals surface area contributed by atoms with Crippen LogP contribution in [-0.4, -0.2) is 36.6 Å². The van der Waals surface area contributed by atoms with E-state index in [1.54, 1.807) is 0 Å². The Morgan fingerprint density at radius 3 is 2.57 bits per heavy atom. The molecule has 0 bridgehead atoms. The number of rotatable bonds is 5. The van der Waals surface area contributed by atoms with E-state index < -0.39 is 0 Å². The van der Waals surface area contributed by atoms with Crippen molar-refractivity contribution in [1.29, 1.82) is 5.26 Å². The maximum Gasteiger partial charge on any atom is 0.108 e. The van der Waals surface area contributed by atoms with Gasteiger partial charge in [0.25, 0.3) is 0 Å². The molecule has 3 nitrogen and oxygen atoms in total. The Morgan fingerprint density at radius 1 is 1.43 bits per heavy atom. The van der Waals surface area contributed by atoms with Gasteiger partial charge in [0.2, 0.25) is 0 Å². The first-order valence-corrected chi connectivity index (χ1v) is 5.65. The quantitative estimate of drug-likeness (QED) is 0.711. The molecule has 1 N–H and O–H groups in total. The van der Waals surface area contributed by atoms with E-state index in [1.807, 2.05) is 0 Å². The van der Waals surface area contributed by atoms with Crippen LogP contribution in [0, 0.1) is 11.3 Å². The van der Waals surface area contributed by atoms with Gasteiger partial charge in [-0.3, -0.25) is 5.32 Å². The normalized spacial score (nSPS) is 24.4. The van der Waals surface area contributed by atoms with Crippen molar-refractivity contribution in [2.45, 2.75) is 50.2 Å². The first-order valence-electron chi connectivity index (χ1n) is 5.65. The van der Waals surface area contributed by atoms with Gasteiger partial charge in [-0.05, 0) is 32.7 Å². The van der Waals surface area contributed by atoms with E-state index in [2.05, 4.69) is 23.3 Å². The molecule has 2 aliphatic carbocycles. The standard InChI is InChI=1S/C11H19N3/c1-14(11-3-2-4-11)8-10(7-12)13-9-5-6-9/h9-11,13H,2-6,8H2,1H3. The fourth-order valence-electron chi connectivity index (χ4n) is 1.93. The molecule has 3 heteroatoms. The van der Waals surface area contributed by atoms with Gasteiger partial charge in [0, 0.05) is 18.6 Å². The highest BCUT2D eigenvalue weighted by Gasteiger charge is 2.28. The molecule has 2 rings (SSSR count). The summed E-state index contributed by atoms with van der Waals surface area (Å²) in [4.78, 5) is 2.34. The van der Waals surface area contributed by atoms with Crippen LogP contribution in [0.1, 0.15) is 32.1 Å². The summed E-state index contributed by atoms with van der Waals surface area (Å²) in [7, 11) is 2.14. The van der Waals surface area contributed by atoms with Crippen molar-refractivity contribution in [3.05, 3.63) is 0 Å². The van der Waals surface area contributed by atoms with Crippen LogP contribution in [0.4, 0.5) is 0 Å². The molecule has 0 spiro atoms. The summed E-state index contributed by atoms with van der Waals surface area (Å²) in [5.74, 6) is 0. The van der Waals surface area contributed by atoms with Crippen LogP contribution in [0.25, 0.3) is 0 Å². The van der Waals surface area contributed by atoms with Crippen molar-refractivity contribution in [1.82, 2.24) is 10.2 Å². The Labute approximate surface area is 86.1 Å². The fraction of sp³-hybridized carbons (Fsp3) is 0.909. The Hall–Kier alpha value is -0.590. The fourth-order valence-corrected chi connectivity index (χ4v) is 1.93. The third kappa shape index (κ3) is 2.46. The van der Waals surface area contributed by atoms with E-state index in [0.717, 1.165) is 12.6 Å². The van der Waals surface area contributed by atoms with Crippen LogP contribution >= 0.6 is 0 Å². The summed E-state index contributed by atoms with van der Waals surface area (Å²) in [5, 5.41) is 12.4. The summed E-state index contributed by atoms with van der Waals surface area (Å²) in [5.41, 5.74) is 0. The van der Waals surface area contributed by atoms with Gasteiger partial charge in [0.05, 0.1) is 6.07 Å². The van der Waals surface area contributed by atoms with Gasteiger partial charge < -0.3 is 4.90 Å². The molecule has 0 aromatic heterocycles. The summed E-state index contributed by atoms with van der Waals surface area (Å²) in [6.45, 7) is 0.887. The SMILES string of the molecule is CN(CC(C#N)NC1CC1)C1CCC1. The molecule has 0 saturated heterocycles. The minimum Gasteiger partial charge on any atom is -0.301 e. The smallest absolute Gasteiger partial charge is 0.108 e. The third-order valence-electron chi connectivity index (χ3n) is 3.34. The maximum atomic E-state index is 8.98. The number of nitriles is 1. The summed E-state index contributed by atoms with van der Waals surface area (Å²) >= 11 is 0. The van der Waals surface area contributed by atoms with Gasteiger partial charge in [-0.25, -0.2) is 0 Å². The highest BCUT2D eigenvalue weighted by molar-refractivity contribution is 4.98. The molecular formula is C11H19N3. The number of nitrogens with zero attached hydrogens (tertiary/aromatic N) is 2. The van der Waals surface area contributed by atoms with E-state index >= 15 is 0 Å². The first kappa shape index (κ1) is 9.95. The lowest BCUT2D eigenvalue weighted by Gasteiger charge is -2.35.